The quantitative estimate of drug-likeness (QED) is 0.213. The molecule has 0 unspecified atom stereocenters. The molecule has 172 valence electrons. The van der Waals surface area contributed by atoms with Crippen molar-refractivity contribution in [3.8, 4) is 5.00 Å². The van der Waals surface area contributed by atoms with E-state index in [1.165, 1.54) is 17.0 Å². The second kappa shape index (κ2) is 9.58. The molecule has 9 heteroatoms. The Bertz CT molecular complexity index is 1220. The van der Waals surface area contributed by atoms with Gasteiger partial charge in [0.15, 0.2) is 0 Å². The molecule has 0 saturated heterocycles. The number of hydrogen-bond donors (Lipinski definition) is 1. The van der Waals surface area contributed by atoms with Gasteiger partial charge in [-0.1, -0.05) is 0 Å². The van der Waals surface area contributed by atoms with Crippen LogP contribution in [-0.4, -0.2) is 28.3 Å². The van der Waals surface area contributed by atoms with Crippen LogP contribution in [0.3, 0.4) is 0 Å². The van der Waals surface area contributed by atoms with Crippen LogP contribution in [0.1, 0.15) is 57.5 Å². The average molecular weight is 467 g/mol. The Morgan fingerprint density at radius 1 is 1.27 bits per heavy atom. The molecule has 0 fully saturated rings. The number of aryl methyl sites for hydroxylation is 2. The number of hydrazone groups is 1. The Morgan fingerprint density at radius 2 is 2.00 bits per heavy atom. The first-order valence-corrected chi connectivity index (χ1v) is 11.8. The number of rotatable bonds is 7. The molecule has 33 heavy (non-hydrogen) atoms. The number of fused-ring (bicyclic) bond motifs is 1. The summed E-state index contributed by atoms with van der Waals surface area (Å²) in [6.07, 6.45) is 5.86. The number of carbonyl (C=O) groups excluding carboxylic acids is 1. The lowest BCUT2D eigenvalue weighted by molar-refractivity contribution is -0.384. The average Bonchev–Trinajstić information content (AvgIpc) is 3.30. The fraction of sp³-hybridized carbons (Fsp3) is 0.333. The topological polar surface area (TPSA) is 98.8 Å². The van der Waals surface area contributed by atoms with Crippen molar-refractivity contribution in [3.63, 3.8) is 0 Å². The summed E-state index contributed by atoms with van der Waals surface area (Å²) in [5.74, 6) is -0.255. The highest BCUT2D eigenvalue weighted by atomic mass is 32.1. The zero-order valence-electron chi connectivity index (χ0n) is 18.9. The normalized spacial score (nSPS) is 13.2. The predicted octanol–water partition coefficient (Wildman–Crippen LogP) is 5.57. The molecule has 0 bridgehead atoms. The van der Waals surface area contributed by atoms with E-state index in [1.54, 1.807) is 29.7 Å². The molecule has 2 heterocycles. The summed E-state index contributed by atoms with van der Waals surface area (Å²) >= 11 is 1.68. The standard InChI is InChI=1S/C24H26N4O4S/c1-4-32-24(29)22-20-7-5-6-8-21(20)33-23(22)27-15(2)13-17(16(27)3)14-25-26-18-9-11-19(12-10-18)28(30)31/h9-14,26H,4-8H2,1-3H3/b25-14+. The van der Waals surface area contributed by atoms with Crippen molar-refractivity contribution in [3.05, 3.63) is 73.4 Å². The van der Waals surface area contributed by atoms with Crippen LogP contribution in [-0.2, 0) is 17.6 Å². The third kappa shape index (κ3) is 4.54. The maximum absolute atomic E-state index is 12.9. The lowest BCUT2D eigenvalue weighted by atomic mass is 9.95. The first-order chi connectivity index (χ1) is 15.9. The minimum absolute atomic E-state index is 0.0316. The Morgan fingerprint density at radius 3 is 2.70 bits per heavy atom. The van der Waals surface area contributed by atoms with Gasteiger partial charge in [-0.05, 0) is 70.2 Å². The van der Waals surface area contributed by atoms with Gasteiger partial charge in [0, 0.05) is 34.0 Å². The van der Waals surface area contributed by atoms with E-state index in [1.807, 2.05) is 26.8 Å². The SMILES string of the molecule is CCOC(=O)c1c(-n2c(C)cc(/C=N/Nc3ccc([N+](=O)[O-])cc3)c2C)sc2c1CCCC2. The van der Waals surface area contributed by atoms with E-state index < -0.39 is 4.92 Å². The Balaban J connectivity index is 1.64. The number of anilines is 1. The summed E-state index contributed by atoms with van der Waals surface area (Å²) in [5, 5.41) is 16.0. The van der Waals surface area contributed by atoms with Crippen molar-refractivity contribution in [2.45, 2.75) is 46.5 Å². The lowest BCUT2D eigenvalue weighted by Crippen LogP contribution is -2.12. The lowest BCUT2D eigenvalue weighted by Gasteiger charge is -2.13. The summed E-state index contributed by atoms with van der Waals surface area (Å²) in [7, 11) is 0. The maximum atomic E-state index is 12.9. The minimum atomic E-state index is -0.436. The number of nitrogens with zero attached hydrogens (tertiary/aromatic N) is 3. The van der Waals surface area contributed by atoms with Gasteiger partial charge < -0.3 is 9.30 Å². The smallest absolute Gasteiger partial charge is 0.341 e. The molecule has 1 aromatic carbocycles. The molecule has 2 aromatic heterocycles. The highest BCUT2D eigenvalue weighted by Gasteiger charge is 2.28. The van der Waals surface area contributed by atoms with E-state index in [2.05, 4.69) is 15.1 Å². The number of aromatic nitrogens is 1. The molecule has 1 N–H and O–H groups in total. The zero-order valence-corrected chi connectivity index (χ0v) is 19.7. The van der Waals surface area contributed by atoms with Crippen LogP contribution in [0.2, 0.25) is 0 Å². The van der Waals surface area contributed by atoms with Gasteiger partial charge in [0.05, 0.1) is 29.0 Å². The molecule has 0 saturated carbocycles. The summed E-state index contributed by atoms with van der Waals surface area (Å²) < 4.78 is 7.53. The third-order valence-electron chi connectivity index (χ3n) is 5.78. The fourth-order valence-electron chi connectivity index (χ4n) is 4.19. The molecule has 3 aromatic rings. The molecule has 0 radical (unpaired) electrons. The van der Waals surface area contributed by atoms with Gasteiger partial charge in [-0.25, -0.2) is 4.79 Å². The molecule has 0 spiro atoms. The van der Waals surface area contributed by atoms with Crippen LogP contribution in [0.25, 0.3) is 5.00 Å². The van der Waals surface area contributed by atoms with Gasteiger partial charge in [-0.2, -0.15) is 5.10 Å². The van der Waals surface area contributed by atoms with E-state index in [4.69, 9.17) is 4.74 Å². The predicted molar refractivity (Wildman–Crippen MR) is 130 cm³/mol. The van der Waals surface area contributed by atoms with E-state index in [0.29, 0.717) is 17.9 Å². The number of nitro groups is 1. The van der Waals surface area contributed by atoms with Crippen LogP contribution in [0.15, 0.2) is 35.4 Å². The highest BCUT2D eigenvalue weighted by molar-refractivity contribution is 7.15. The van der Waals surface area contributed by atoms with Crippen molar-refractivity contribution in [1.29, 1.82) is 0 Å². The molecule has 0 aliphatic heterocycles. The zero-order chi connectivity index (χ0) is 23.5. The first kappa shape index (κ1) is 22.7. The van der Waals surface area contributed by atoms with E-state index in [9.17, 15) is 14.9 Å². The van der Waals surface area contributed by atoms with Crippen molar-refractivity contribution < 1.29 is 14.5 Å². The Kier molecular flexibility index (Phi) is 6.60. The summed E-state index contributed by atoms with van der Waals surface area (Å²) in [6.45, 7) is 6.20. The Hall–Kier alpha value is -3.46. The second-order valence-electron chi connectivity index (χ2n) is 7.95. The van der Waals surface area contributed by atoms with Gasteiger partial charge in [0.25, 0.3) is 5.69 Å². The molecule has 0 atom stereocenters. The van der Waals surface area contributed by atoms with Crippen molar-refractivity contribution >= 4 is 34.9 Å². The molecular weight excluding hydrogens is 440 g/mol. The molecular formula is C24H26N4O4S. The van der Waals surface area contributed by atoms with Crippen molar-refractivity contribution in [1.82, 2.24) is 4.57 Å². The molecule has 0 amide bonds. The number of nitro benzene ring substituents is 1. The highest BCUT2D eigenvalue weighted by Crippen LogP contribution is 2.39. The van der Waals surface area contributed by atoms with Gasteiger partial charge in [0.2, 0.25) is 0 Å². The van der Waals surface area contributed by atoms with Crippen molar-refractivity contribution in [2.75, 3.05) is 12.0 Å². The molecule has 1 aliphatic carbocycles. The number of non-ortho nitro benzene ring substituents is 1. The van der Waals surface area contributed by atoms with Crippen LogP contribution < -0.4 is 5.43 Å². The summed E-state index contributed by atoms with van der Waals surface area (Å²) in [5.41, 5.74) is 8.34. The number of ether oxygens (including phenoxy) is 1. The van der Waals surface area contributed by atoms with Crippen LogP contribution in [0.5, 0.6) is 0 Å². The van der Waals surface area contributed by atoms with Crippen molar-refractivity contribution in [2.24, 2.45) is 5.10 Å². The molecule has 4 rings (SSSR count). The minimum Gasteiger partial charge on any atom is -0.462 e. The monoisotopic (exact) mass is 466 g/mol. The van der Waals surface area contributed by atoms with Crippen LogP contribution >= 0.6 is 11.3 Å². The number of nitrogens with one attached hydrogen (secondary N) is 1. The number of hydrogen-bond acceptors (Lipinski definition) is 7. The van der Waals surface area contributed by atoms with E-state index in [0.717, 1.165) is 53.2 Å². The second-order valence-corrected chi connectivity index (χ2v) is 9.03. The number of carbonyl (C=O) groups is 1. The Labute approximate surface area is 196 Å². The van der Waals surface area contributed by atoms with Gasteiger partial charge >= 0.3 is 5.97 Å². The first-order valence-electron chi connectivity index (χ1n) is 10.9. The fourth-order valence-corrected chi connectivity index (χ4v) is 5.68. The summed E-state index contributed by atoms with van der Waals surface area (Å²) in [4.78, 5) is 24.5. The maximum Gasteiger partial charge on any atom is 0.341 e. The number of benzene rings is 1. The van der Waals surface area contributed by atoms with Crippen LogP contribution in [0.4, 0.5) is 11.4 Å². The molecule has 1 aliphatic rings. The van der Waals surface area contributed by atoms with E-state index in [-0.39, 0.29) is 11.7 Å². The van der Waals surface area contributed by atoms with Gasteiger partial charge in [0.1, 0.15) is 5.00 Å². The summed E-state index contributed by atoms with van der Waals surface area (Å²) in [6, 6.07) is 8.11. The molecule has 8 nitrogen and oxygen atoms in total. The third-order valence-corrected chi connectivity index (χ3v) is 7.06. The van der Waals surface area contributed by atoms with Crippen LogP contribution in [0, 0.1) is 24.0 Å². The van der Waals surface area contributed by atoms with Gasteiger partial charge in [-0.3, -0.25) is 15.5 Å². The number of esters is 1. The number of thiophene rings is 1. The van der Waals surface area contributed by atoms with E-state index >= 15 is 0 Å². The van der Waals surface area contributed by atoms with Gasteiger partial charge in [-0.15, -0.1) is 11.3 Å². The largest absolute Gasteiger partial charge is 0.462 e.